The van der Waals surface area contributed by atoms with E-state index in [-0.39, 0.29) is 5.75 Å². The molecule has 16 heavy (non-hydrogen) atoms. The third kappa shape index (κ3) is 13.9. The summed E-state index contributed by atoms with van der Waals surface area (Å²) in [5.74, 6) is -0.142. The minimum atomic E-state index is -3.77. The van der Waals surface area contributed by atoms with Crippen molar-refractivity contribution < 1.29 is 13.0 Å². The van der Waals surface area contributed by atoms with Gasteiger partial charge >= 0.3 is 0 Å². The van der Waals surface area contributed by atoms with Gasteiger partial charge in [0.1, 0.15) is 0 Å². The molecule has 98 valence electrons. The van der Waals surface area contributed by atoms with Crippen LogP contribution in [0.25, 0.3) is 0 Å². The van der Waals surface area contributed by atoms with Gasteiger partial charge in [0.05, 0.1) is 5.75 Å². The van der Waals surface area contributed by atoms with Crippen LogP contribution in [0.1, 0.15) is 51.9 Å². The smallest absolute Gasteiger partial charge is 0.264 e. The highest BCUT2D eigenvalue weighted by atomic mass is 32.2. The molecule has 0 aliphatic heterocycles. The topological polar surface area (TPSA) is 66.4 Å². The van der Waals surface area contributed by atoms with Crippen LogP contribution in [0.5, 0.6) is 0 Å². The minimum absolute atomic E-state index is 0.142. The summed E-state index contributed by atoms with van der Waals surface area (Å²) in [5, 5.41) is 3.17. The first-order chi connectivity index (χ1) is 7.56. The summed E-state index contributed by atoms with van der Waals surface area (Å²) in [4.78, 5) is 0. The van der Waals surface area contributed by atoms with Crippen LogP contribution in [-0.4, -0.2) is 31.8 Å². The minimum Gasteiger partial charge on any atom is -0.317 e. The Bertz CT molecular complexity index is 240. The fourth-order valence-electron chi connectivity index (χ4n) is 1.53. The molecule has 0 aromatic heterocycles. The van der Waals surface area contributed by atoms with E-state index >= 15 is 0 Å². The molecule has 2 N–H and O–H groups in total. The molecule has 0 aromatic carbocycles. The van der Waals surface area contributed by atoms with Gasteiger partial charge in [-0.3, -0.25) is 4.55 Å². The van der Waals surface area contributed by atoms with Crippen molar-refractivity contribution in [2.75, 3.05) is 18.8 Å². The highest BCUT2D eigenvalue weighted by molar-refractivity contribution is 7.85. The van der Waals surface area contributed by atoms with Gasteiger partial charge in [-0.25, -0.2) is 0 Å². The lowest BCUT2D eigenvalue weighted by Crippen LogP contribution is -2.19. The maximum absolute atomic E-state index is 10.4. The molecular formula is C11H25NO3S. The van der Waals surface area contributed by atoms with Crippen molar-refractivity contribution in [1.82, 2.24) is 5.32 Å². The summed E-state index contributed by atoms with van der Waals surface area (Å²) >= 11 is 0. The quantitative estimate of drug-likeness (QED) is 0.436. The normalized spacial score (nSPS) is 11.9. The first-order valence-electron chi connectivity index (χ1n) is 6.22. The Hall–Kier alpha value is -0.130. The molecule has 0 aliphatic rings. The van der Waals surface area contributed by atoms with E-state index in [0.29, 0.717) is 13.0 Å². The lowest BCUT2D eigenvalue weighted by Gasteiger charge is -2.03. The maximum Gasteiger partial charge on any atom is 0.264 e. The zero-order valence-electron chi connectivity index (χ0n) is 10.2. The number of nitrogens with one attached hydrogen (secondary N) is 1. The van der Waals surface area contributed by atoms with Gasteiger partial charge < -0.3 is 5.32 Å². The average Bonchev–Trinajstić information content (AvgIpc) is 2.19. The summed E-state index contributed by atoms with van der Waals surface area (Å²) < 4.78 is 29.3. The zero-order valence-corrected chi connectivity index (χ0v) is 11.1. The second-order valence-corrected chi connectivity index (χ2v) is 5.73. The predicted octanol–water partition coefficient (Wildman–Crippen LogP) is 2.21. The van der Waals surface area contributed by atoms with E-state index in [1.807, 2.05) is 0 Å². The van der Waals surface area contributed by atoms with Crippen LogP contribution >= 0.6 is 0 Å². The Labute approximate surface area is 99.6 Å². The third-order valence-electron chi connectivity index (χ3n) is 2.46. The van der Waals surface area contributed by atoms with Gasteiger partial charge in [-0.15, -0.1) is 0 Å². The molecule has 4 nitrogen and oxygen atoms in total. The molecule has 0 fully saturated rings. The summed E-state index contributed by atoms with van der Waals surface area (Å²) in [7, 11) is -3.77. The van der Waals surface area contributed by atoms with Gasteiger partial charge in [-0.1, -0.05) is 39.0 Å². The Balaban J connectivity index is 3.05. The van der Waals surface area contributed by atoms with Gasteiger partial charge in [0.25, 0.3) is 10.1 Å². The second-order valence-electron chi connectivity index (χ2n) is 4.16. The monoisotopic (exact) mass is 251 g/mol. The molecule has 0 spiro atoms. The first kappa shape index (κ1) is 15.9. The molecule has 0 unspecified atom stereocenters. The molecule has 0 saturated heterocycles. The number of hydrogen-bond acceptors (Lipinski definition) is 3. The molecule has 0 atom stereocenters. The van der Waals surface area contributed by atoms with E-state index in [0.717, 1.165) is 13.0 Å². The van der Waals surface area contributed by atoms with E-state index in [2.05, 4.69) is 12.2 Å². The van der Waals surface area contributed by atoms with Crippen LogP contribution in [0.4, 0.5) is 0 Å². The SMILES string of the molecule is CCCCCCCCNCCCS(=O)(=O)O. The van der Waals surface area contributed by atoms with Gasteiger partial charge in [-0.05, 0) is 25.9 Å². The Morgan fingerprint density at radius 2 is 1.50 bits per heavy atom. The Kier molecular flexibility index (Phi) is 9.97. The van der Waals surface area contributed by atoms with Gasteiger partial charge in [-0.2, -0.15) is 8.42 Å². The van der Waals surface area contributed by atoms with Crippen LogP contribution < -0.4 is 5.32 Å². The zero-order chi connectivity index (χ0) is 12.3. The van der Waals surface area contributed by atoms with Crippen molar-refractivity contribution in [3.8, 4) is 0 Å². The summed E-state index contributed by atoms with van der Waals surface area (Å²) in [6.45, 7) is 3.81. The summed E-state index contributed by atoms with van der Waals surface area (Å²) in [6.07, 6.45) is 8.07. The predicted molar refractivity (Wildman–Crippen MR) is 67.3 cm³/mol. The largest absolute Gasteiger partial charge is 0.317 e. The highest BCUT2D eigenvalue weighted by Gasteiger charge is 2.02. The number of hydrogen-bond donors (Lipinski definition) is 2. The van der Waals surface area contributed by atoms with E-state index < -0.39 is 10.1 Å². The van der Waals surface area contributed by atoms with Crippen molar-refractivity contribution in [2.24, 2.45) is 0 Å². The Morgan fingerprint density at radius 1 is 0.938 bits per heavy atom. The Morgan fingerprint density at radius 3 is 2.12 bits per heavy atom. The molecule has 0 aromatic rings. The number of unbranched alkanes of at least 4 members (excludes halogenated alkanes) is 5. The molecule has 0 saturated carbocycles. The van der Waals surface area contributed by atoms with Crippen LogP contribution in [0.3, 0.4) is 0 Å². The summed E-state index contributed by atoms with van der Waals surface area (Å²) in [5.41, 5.74) is 0. The molecule has 0 heterocycles. The van der Waals surface area contributed by atoms with Crippen LogP contribution in [0.15, 0.2) is 0 Å². The molecular weight excluding hydrogens is 226 g/mol. The van der Waals surface area contributed by atoms with Crippen LogP contribution in [0, 0.1) is 0 Å². The highest BCUT2D eigenvalue weighted by Crippen LogP contribution is 2.03. The third-order valence-corrected chi connectivity index (χ3v) is 3.27. The lowest BCUT2D eigenvalue weighted by atomic mass is 10.1. The number of rotatable bonds is 11. The second kappa shape index (κ2) is 10.1. The fraction of sp³-hybridized carbons (Fsp3) is 1.00. The van der Waals surface area contributed by atoms with E-state index in [9.17, 15) is 8.42 Å². The molecule has 0 rings (SSSR count). The summed E-state index contributed by atoms with van der Waals surface area (Å²) in [6, 6.07) is 0. The van der Waals surface area contributed by atoms with Crippen molar-refractivity contribution in [1.29, 1.82) is 0 Å². The van der Waals surface area contributed by atoms with E-state index in [1.165, 1.54) is 32.1 Å². The van der Waals surface area contributed by atoms with Crippen molar-refractivity contribution in [2.45, 2.75) is 51.9 Å². The molecule has 5 heteroatoms. The van der Waals surface area contributed by atoms with Gasteiger partial charge in [0.15, 0.2) is 0 Å². The standard InChI is InChI=1S/C11H25NO3S/c1-2-3-4-5-6-7-9-12-10-8-11-16(13,14)15/h12H,2-11H2,1H3,(H,13,14,15). The van der Waals surface area contributed by atoms with E-state index in [1.54, 1.807) is 0 Å². The van der Waals surface area contributed by atoms with Crippen molar-refractivity contribution >= 4 is 10.1 Å². The van der Waals surface area contributed by atoms with Crippen LogP contribution in [0.2, 0.25) is 0 Å². The van der Waals surface area contributed by atoms with Gasteiger partial charge in [0, 0.05) is 0 Å². The van der Waals surface area contributed by atoms with Crippen molar-refractivity contribution in [3.63, 3.8) is 0 Å². The first-order valence-corrected chi connectivity index (χ1v) is 7.83. The average molecular weight is 251 g/mol. The maximum atomic E-state index is 10.4. The molecule has 0 amide bonds. The van der Waals surface area contributed by atoms with E-state index in [4.69, 9.17) is 4.55 Å². The molecule has 0 bridgehead atoms. The fourth-order valence-corrected chi connectivity index (χ4v) is 2.04. The van der Waals surface area contributed by atoms with Crippen molar-refractivity contribution in [3.05, 3.63) is 0 Å². The lowest BCUT2D eigenvalue weighted by molar-refractivity contribution is 0.479. The van der Waals surface area contributed by atoms with Gasteiger partial charge in [0.2, 0.25) is 0 Å². The van der Waals surface area contributed by atoms with Crippen LogP contribution in [-0.2, 0) is 10.1 Å². The molecule has 0 radical (unpaired) electrons. The molecule has 0 aliphatic carbocycles.